The number of hydrogen-bond donors (Lipinski definition) is 1. The monoisotopic (exact) mass is 180 g/mol. The zero-order valence-electron chi connectivity index (χ0n) is 8.16. The van der Waals surface area contributed by atoms with Gasteiger partial charge in [0.15, 0.2) is 0 Å². The van der Waals surface area contributed by atoms with Gasteiger partial charge in [-0.15, -0.1) is 0 Å². The molecule has 1 heterocycles. The number of aromatic nitrogens is 1. The van der Waals surface area contributed by atoms with Crippen LogP contribution >= 0.6 is 0 Å². The van der Waals surface area contributed by atoms with Crippen LogP contribution in [-0.4, -0.2) is 11.2 Å². The Bertz CT molecular complexity index is 258. The van der Waals surface area contributed by atoms with Crippen molar-refractivity contribution >= 4 is 0 Å². The third kappa shape index (κ3) is 1.75. The molecule has 0 amide bonds. The Balaban J connectivity index is 1.88. The molecule has 1 aliphatic carbocycles. The summed E-state index contributed by atoms with van der Waals surface area (Å²) in [6.07, 6.45) is 4.27. The maximum Gasteiger partial charge on any atom is 0.124 e. The highest BCUT2D eigenvalue weighted by atomic mass is 16.5. The minimum absolute atomic E-state index is 0.312. The summed E-state index contributed by atoms with van der Waals surface area (Å²) < 4.78 is 4.81. The Morgan fingerprint density at radius 3 is 2.92 bits per heavy atom. The van der Waals surface area contributed by atoms with E-state index in [1.165, 1.54) is 12.8 Å². The molecule has 72 valence electrons. The molecule has 2 rings (SSSR count). The highest BCUT2D eigenvalue weighted by Crippen LogP contribution is 2.28. The fourth-order valence-electron chi connectivity index (χ4n) is 1.77. The van der Waals surface area contributed by atoms with Crippen LogP contribution < -0.4 is 5.32 Å². The van der Waals surface area contributed by atoms with Crippen LogP contribution in [0.15, 0.2) is 16.9 Å². The summed E-state index contributed by atoms with van der Waals surface area (Å²) in [6.45, 7) is 4.42. The largest absolute Gasteiger partial charge is 0.364 e. The second-order valence-corrected chi connectivity index (χ2v) is 3.97. The van der Waals surface area contributed by atoms with Crippen LogP contribution in [0, 0.1) is 5.92 Å². The first-order valence-electron chi connectivity index (χ1n) is 4.93. The quantitative estimate of drug-likeness (QED) is 0.774. The molecule has 1 aliphatic rings. The molecule has 3 unspecified atom stereocenters. The molecule has 3 heteroatoms. The zero-order chi connectivity index (χ0) is 9.26. The van der Waals surface area contributed by atoms with E-state index < -0.39 is 0 Å². The molecular weight excluding hydrogens is 164 g/mol. The summed E-state index contributed by atoms with van der Waals surface area (Å²) >= 11 is 0. The number of rotatable bonds is 3. The molecule has 1 aromatic heterocycles. The third-order valence-corrected chi connectivity index (χ3v) is 2.99. The van der Waals surface area contributed by atoms with E-state index in [2.05, 4.69) is 24.3 Å². The number of nitrogens with one attached hydrogen (secondary N) is 1. The van der Waals surface area contributed by atoms with Crippen molar-refractivity contribution in [2.45, 2.75) is 38.8 Å². The summed E-state index contributed by atoms with van der Waals surface area (Å²) in [6, 6.07) is 2.90. The Morgan fingerprint density at radius 1 is 1.62 bits per heavy atom. The minimum Gasteiger partial charge on any atom is -0.364 e. The van der Waals surface area contributed by atoms with E-state index in [1.54, 1.807) is 6.26 Å². The van der Waals surface area contributed by atoms with Crippen molar-refractivity contribution in [3.8, 4) is 0 Å². The second kappa shape index (κ2) is 3.50. The Kier molecular flexibility index (Phi) is 2.36. The lowest BCUT2D eigenvalue weighted by Crippen LogP contribution is -2.43. The third-order valence-electron chi connectivity index (χ3n) is 2.99. The summed E-state index contributed by atoms with van der Waals surface area (Å²) in [5.41, 5.74) is 0.999. The van der Waals surface area contributed by atoms with Gasteiger partial charge in [-0.3, -0.25) is 0 Å². The van der Waals surface area contributed by atoms with Crippen LogP contribution in [0.25, 0.3) is 0 Å². The standard InChI is InChI=1S/C10H16N2O/c1-7-3-4-9(7)11-8(2)10-5-6-13-12-10/h5-9,11H,3-4H2,1-2H3. The summed E-state index contributed by atoms with van der Waals surface area (Å²) in [5.74, 6) is 0.814. The molecule has 1 fully saturated rings. The van der Waals surface area contributed by atoms with E-state index in [4.69, 9.17) is 4.52 Å². The first kappa shape index (κ1) is 8.75. The first-order valence-corrected chi connectivity index (χ1v) is 4.93. The Morgan fingerprint density at radius 2 is 2.46 bits per heavy atom. The van der Waals surface area contributed by atoms with Crippen LogP contribution in [0.5, 0.6) is 0 Å². The molecule has 0 spiro atoms. The molecule has 0 bridgehead atoms. The SMILES string of the molecule is CC(NC1CCC1C)c1ccon1. The zero-order valence-corrected chi connectivity index (χ0v) is 8.16. The Labute approximate surface area is 78.5 Å². The van der Waals surface area contributed by atoms with E-state index in [1.807, 2.05) is 6.07 Å². The maximum atomic E-state index is 4.81. The molecule has 13 heavy (non-hydrogen) atoms. The van der Waals surface area contributed by atoms with Crippen molar-refractivity contribution in [1.29, 1.82) is 0 Å². The molecule has 1 saturated carbocycles. The molecule has 1 N–H and O–H groups in total. The molecular formula is C10H16N2O. The second-order valence-electron chi connectivity index (χ2n) is 3.97. The van der Waals surface area contributed by atoms with Gasteiger partial charge in [-0.1, -0.05) is 12.1 Å². The lowest BCUT2D eigenvalue weighted by molar-refractivity contribution is 0.211. The van der Waals surface area contributed by atoms with Crippen molar-refractivity contribution < 1.29 is 4.52 Å². The number of hydrogen-bond acceptors (Lipinski definition) is 3. The topological polar surface area (TPSA) is 38.1 Å². The van der Waals surface area contributed by atoms with Crippen molar-refractivity contribution in [3.05, 3.63) is 18.0 Å². The van der Waals surface area contributed by atoms with Crippen LogP contribution in [-0.2, 0) is 0 Å². The van der Waals surface area contributed by atoms with Gasteiger partial charge >= 0.3 is 0 Å². The first-order chi connectivity index (χ1) is 6.27. The van der Waals surface area contributed by atoms with Gasteiger partial charge in [0, 0.05) is 12.1 Å². The average Bonchev–Trinajstić information content (AvgIpc) is 2.64. The normalized spacial score (nSPS) is 29.7. The van der Waals surface area contributed by atoms with Crippen molar-refractivity contribution in [1.82, 2.24) is 10.5 Å². The molecule has 3 atom stereocenters. The van der Waals surface area contributed by atoms with Gasteiger partial charge in [-0.05, 0) is 25.7 Å². The van der Waals surface area contributed by atoms with E-state index in [-0.39, 0.29) is 0 Å². The Hall–Kier alpha value is -0.830. The van der Waals surface area contributed by atoms with Gasteiger partial charge < -0.3 is 9.84 Å². The fraction of sp³-hybridized carbons (Fsp3) is 0.700. The van der Waals surface area contributed by atoms with Crippen molar-refractivity contribution in [2.75, 3.05) is 0 Å². The summed E-state index contributed by atoms with van der Waals surface area (Å²) in [7, 11) is 0. The van der Waals surface area contributed by atoms with Crippen LogP contribution in [0.3, 0.4) is 0 Å². The molecule has 0 saturated heterocycles. The van der Waals surface area contributed by atoms with Crippen molar-refractivity contribution in [3.63, 3.8) is 0 Å². The highest BCUT2D eigenvalue weighted by molar-refractivity contribution is 5.02. The van der Waals surface area contributed by atoms with E-state index >= 15 is 0 Å². The van der Waals surface area contributed by atoms with Gasteiger partial charge in [-0.25, -0.2) is 0 Å². The van der Waals surface area contributed by atoms with Crippen LogP contribution in [0.2, 0.25) is 0 Å². The van der Waals surface area contributed by atoms with Crippen LogP contribution in [0.1, 0.15) is 38.4 Å². The predicted molar refractivity (Wildman–Crippen MR) is 50.2 cm³/mol. The molecule has 0 aromatic carbocycles. The van der Waals surface area contributed by atoms with E-state index in [0.29, 0.717) is 12.1 Å². The van der Waals surface area contributed by atoms with Crippen LogP contribution in [0.4, 0.5) is 0 Å². The summed E-state index contributed by atoms with van der Waals surface area (Å²) in [4.78, 5) is 0. The maximum absolute atomic E-state index is 4.81. The van der Waals surface area contributed by atoms with Crippen molar-refractivity contribution in [2.24, 2.45) is 5.92 Å². The lowest BCUT2D eigenvalue weighted by Gasteiger charge is -2.36. The molecule has 1 aromatic rings. The highest BCUT2D eigenvalue weighted by Gasteiger charge is 2.28. The van der Waals surface area contributed by atoms with E-state index in [0.717, 1.165) is 11.6 Å². The molecule has 0 radical (unpaired) electrons. The van der Waals surface area contributed by atoms with Gasteiger partial charge in [0.2, 0.25) is 0 Å². The fourth-order valence-corrected chi connectivity index (χ4v) is 1.77. The average molecular weight is 180 g/mol. The summed E-state index contributed by atoms with van der Waals surface area (Å²) in [5, 5.41) is 7.46. The smallest absolute Gasteiger partial charge is 0.124 e. The van der Waals surface area contributed by atoms with Gasteiger partial charge in [0.1, 0.15) is 12.0 Å². The molecule has 0 aliphatic heterocycles. The minimum atomic E-state index is 0.312. The predicted octanol–water partition coefficient (Wildman–Crippen LogP) is 2.12. The lowest BCUT2D eigenvalue weighted by atomic mass is 9.81. The van der Waals surface area contributed by atoms with E-state index in [9.17, 15) is 0 Å². The number of nitrogens with zero attached hydrogens (tertiary/aromatic N) is 1. The van der Waals surface area contributed by atoms with Gasteiger partial charge in [0.25, 0.3) is 0 Å². The van der Waals surface area contributed by atoms with Gasteiger partial charge in [0.05, 0.1) is 6.04 Å². The molecule has 3 nitrogen and oxygen atoms in total. The van der Waals surface area contributed by atoms with Gasteiger partial charge in [-0.2, -0.15) is 0 Å².